The van der Waals surface area contributed by atoms with Crippen LogP contribution < -0.4 is 0 Å². The molecule has 1 aliphatic rings. The van der Waals surface area contributed by atoms with Crippen LogP contribution in [-0.4, -0.2) is 40.7 Å². The zero-order valence-electron chi connectivity index (χ0n) is 13.2. The second-order valence-corrected chi connectivity index (χ2v) is 6.44. The summed E-state index contributed by atoms with van der Waals surface area (Å²) in [5, 5.41) is 4.94. The highest BCUT2D eigenvalue weighted by Gasteiger charge is 2.32. The lowest BCUT2D eigenvalue weighted by molar-refractivity contribution is -0.141. The fourth-order valence-electron chi connectivity index (χ4n) is 2.66. The van der Waals surface area contributed by atoms with Crippen LogP contribution in [0.5, 0.6) is 0 Å². The Balaban J connectivity index is 1.68. The van der Waals surface area contributed by atoms with Gasteiger partial charge in [0.2, 0.25) is 5.91 Å². The quantitative estimate of drug-likeness (QED) is 0.827. The van der Waals surface area contributed by atoms with Crippen molar-refractivity contribution in [2.75, 3.05) is 19.8 Å². The van der Waals surface area contributed by atoms with E-state index in [1.807, 2.05) is 6.07 Å². The molecule has 0 N–H and O–H groups in total. The van der Waals surface area contributed by atoms with Gasteiger partial charge in [0.05, 0.1) is 13.2 Å². The zero-order valence-corrected chi connectivity index (χ0v) is 14.7. The Bertz CT molecular complexity index is 735. The number of ether oxygens (including phenoxy) is 1. The third kappa shape index (κ3) is 3.88. The lowest BCUT2D eigenvalue weighted by Crippen LogP contribution is -2.43. The molecule has 0 saturated carbocycles. The van der Waals surface area contributed by atoms with Crippen molar-refractivity contribution >= 4 is 29.1 Å². The molecule has 2 aromatic rings. The summed E-state index contributed by atoms with van der Waals surface area (Å²) in [5.74, 6) is 0.950. The Morgan fingerprint density at radius 3 is 2.96 bits per heavy atom. The number of amides is 1. The van der Waals surface area contributed by atoms with Gasteiger partial charge in [0, 0.05) is 23.0 Å². The maximum absolute atomic E-state index is 12.7. The van der Waals surface area contributed by atoms with Crippen LogP contribution in [0, 0.1) is 6.92 Å². The van der Waals surface area contributed by atoms with E-state index in [2.05, 4.69) is 10.1 Å². The van der Waals surface area contributed by atoms with Gasteiger partial charge < -0.3 is 14.2 Å². The molecule has 128 valence electrons. The molecule has 24 heavy (non-hydrogen) atoms. The molecule has 1 fully saturated rings. The number of benzene rings is 1. The van der Waals surface area contributed by atoms with Crippen LogP contribution in [0.25, 0.3) is 0 Å². The highest BCUT2D eigenvalue weighted by atomic mass is 35.5. The van der Waals surface area contributed by atoms with Gasteiger partial charge in [0.15, 0.2) is 5.82 Å². The van der Waals surface area contributed by atoms with Crippen molar-refractivity contribution < 1.29 is 14.1 Å². The molecule has 1 saturated heterocycles. The van der Waals surface area contributed by atoms with E-state index < -0.39 is 0 Å². The number of morpholine rings is 1. The fraction of sp³-hybridized carbons (Fsp3) is 0.438. The minimum Gasteiger partial charge on any atom is -0.377 e. The highest BCUT2D eigenvalue weighted by Crippen LogP contribution is 2.26. The molecule has 3 rings (SSSR count). The van der Waals surface area contributed by atoms with Crippen LogP contribution >= 0.6 is 23.2 Å². The molecule has 0 spiro atoms. The smallest absolute Gasteiger partial charge is 0.251 e. The standard InChI is InChI=1S/C16H17Cl2N3O3/c1-10-19-16(24-20-10)14-9-23-7-6-21(14)15(22)5-3-11-2-4-12(17)8-13(11)18/h2,4,8,14H,3,5-7,9H2,1H3/t14-/m0/s1. The summed E-state index contributed by atoms with van der Waals surface area (Å²) in [7, 11) is 0. The van der Waals surface area contributed by atoms with Gasteiger partial charge in [0.25, 0.3) is 5.89 Å². The third-order valence-corrected chi connectivity index (χ3v) is 4.49. The van der Waals surface area contributed by atoms with Crippen molar-refractivity contribution in [1.82, 2.24) is 15.0 Å². The lowest BCUT2D eigenvalue weighted by atomic mass is 10.1. The second-order valence-electron chi connectivity index (χ2n) is 5.59. The van der Waals surface area contributed by atoms with Crippen molar-refractivity contribution in [3.8, 4) is 0 Å². The Hall–Kier alpha value is -1.63. The van der Waals surface area contributed by atoms with E-state index in [1.54, 1.807) is 24.0 Å². The lowest BCUT2D eigenvalue weighted by Gasteiger charge is -2.33. The van der Waals surface area contributed by atoms with Crippen LogP contribution in [0.2, 0.25) is 10.0 Å². The van der Waals surface area contributed by atoms with E-state index in [0.29, 0.717) is 54.4 Å². The Morgan fingerprint density at radius 2 is 2.25 bits per heavy atom. The van der Waals surface area contributed by atoms with E-state index in [9.17, 15) is 4.79 Å². The van der Waals surface area contributed by atoms with Crippen LogP contribution in [0.3, 0.4) is 0 Å². The molecule has 1 aliphatic heterocycles. The molecule has 0 aliphatic carbocycles. The number of hydrogen-bond donors (Lipinski definition) is 0. The van der Waals surface area contributed by atoms with E-state index >= 15 is 0 Å². The summed E-state index contributed by atoms with van der Waals surface area (Å²) >= 11 is 12.1. The molecule has 1 atom stereocenters. The number of halogens is 2. The number of rotatable bonds is 4. The SMILES string of the molecule is Cc1noc([C@@H]2COCCN2C(=O)CCc2ccc(Cl)cc2Cl)n1. The van der Waals surface area contributed by atoms with Crippen LogP contribution in [0.1, 0.15) is 29.7 Å². The molecule has 0 unspecified atom stereocenters. The topological polar surface area (TPSA) is 68.5 Å². The van der Waals surface area contributed by atoms with Crippen LogP contribution in [-0.2, 0) is 16.0 Å². The van der Waals surface area contributed by atoms with Gasteiger partial charge in [-0.3, -0.25) is 4.79 Å². The van der Waals surface area contributed by atoms with Gasteiger partial charge >= 0.3 is 0 Å². The molecule has 8 heteroatoms. The summed E-state index contributed by atoms with van der Waals surface area (Å²) in [4.78, 5) is 18.6. The third-order valence-electron chi connectivity index (χ3n) is 3.90. The number of carbonyl (C=O) groups is 1. The molecule has 6 nitrogen and oxygen atoms in total. The first-order valence-corrected chi connectivity index (χ1v) is 8.41. The van der Waals surface area contributed by atoms with Crippen molar-refractivity contribution in [3.05, 3.63) is 45.5 Å². The van der Waals surface area contributed by atoms with E-state index in [4.69, 9.17) is 32.5 Å². The van der Waals surface area contributed by atoms with E-state index in [1.165, 1.54) is 0 Å². The van der Waals surface area contributed by atoms with Crippen molar-refractivity contribution in [3.63, 3.8) is 0 Å². The maximum atomic E-state index is 12.7. The number of aryl methyl sites for hydroxylation is 2. The molecular weight excluding hydrogens is 353 g/mol. The summed E-state index contributed by atoms with van der Waals surface area (Å²) in [6, 6.07) is 4.96. The molecule has 0 bridgehead atoms. The van der Waals surface area contributed by atoms with Gasteiger partial charge in [-0.1, -0.05) is 34.4 Å². The van der Waals surface area contributed by atoms with Gasteiger partial charge in [0.1, 0.15) is 6.04 Å². The first-order valence-electron chi connectivity index (χ1n) is 7.66. The normalized spacial score (nSPS) is 18.0. The van der Waals surface area contributed by atoms with E-state index in [-0.39, 0.29) is 11.9 Å². The van der Waals surface area contributed by atoms with Crippen molar-refractivity contribution in [1.29, 1.82) is 0 Å². The number of carbonyl (C=O) groups excluding carboxylic acids is 1. The minimum absolute atomic E-state index is 0.00479. The Kier molecular flexibility index (Phi) is 5.38. The average molecular weight is 370 g/mol. The van der Waals surface area contributed by atoms with Crippen molar-refractivity contribution in [2.24, 2.45) is 0 Å². The Morgan fingerprint density at radius 1 is 1.42 bits per heavy atom. The molecule has 1 aromatic carbocycles. The molecular formula is C16H17Cl2N3O3. The summed E-state index contributed by atoms with van der Waals surface area (Å²) < 4.78 is 10.7. The molecule has 2 heterocycles. The predicted molar refractivity (Wildman–Crippen MR) is 89.1 cm³/mol. The molecule has 1 amide bonds. The highest BCUT2D eigenvalue weighted by molar-refractivity contribution is 6.35. The molecule has 1 aromatic heterocycles. The van der Waals surface area contributed by atoms with Gasteiger partial charge in [-0.2, -0.15) is 4.98 Å². The van der Waals surface area contributed by atoms with Crippen LogP contribution in [0.4, 0.5) is 0 Å². The number of hydrogen-bond acceptors (Lipinski definition) is 5. The maximum Gasteiger partial charge on any atom is 0.251 e. The monoisotopic (exact) mass is 369 g/mol. The van der Waals surface area contributed by atoms with Gasteiger partial charge in [-0.25, -0.2) is 0 Å². The van der Waals surface area contributed by atoms with Gasteiger partial charge in [-0.05, 0) is 31.0 Å². The first-order chi connectivity index (χ1) is 11.5. The number of nitrogens with zero attached hydrogens (tertiary/aromatic N) is 3. The zero-order chi connectivity index (χ0) is 17.1. The minimum atomic E-state index is -0.340. The van der Waals surface area contributed by atoms with Crippen molar-refractivity contribution in [2.45, 2.75) is 25.8 Å². The van der Waals surface area contributed by atoms with Gasteiger partial charge in [-0.15, -0.1) is 0 Å². The number of aromatic nitrogens is 2. The first kappa shape index (κ1) is 17.2. The summed E-state index contributed by atoms with van der Waals surface area (Å²) in [6.45, 7) is 3.09. The summed E-state index contributed by atoms with van der Waals surface area (Å²) in [6.07, 6.45) is 0.882. The fourth-order valence-corrected chi connectivity index (χ4v) is 3.17. The summed E-state index contributed by atoms with van der Waals surface area (Å²) in [5.41, 5.74) is 0.896. The predicted octanol–water partition coefficient (Wildman–Crippen LogP) is 3.22. The Labute approximate surface area is 149 Å². The molecule has 0 radical (unpaired) electrons. The van der Waals surface area contributed by atoms with E-state index in [0.717, 1.165) is 5.56 Å². The second kappa shape index (κ2) is 7.51. The largest absolute Gasteiger partial charge is 0.377 e. The average Bonchev–Trinajstić information content (AvgIpc) is 3.00. The van der Waals surface area contributed by atoms with Crippen LogP contribution in [0.15, 0.2) is 22.7 Å².